The molecule has 0 aliphatic carbocycles. The van der Waals surface area contributed by atoms with E-state index in [9.17, 15) is 0 Å². The molecule has 1 saturated heterocycles. The Balaban J connectivity index is 1.44. The molecule has 8 nitrogen and oxygen atoms in total. The van der Waals surface area contributed by atoms with Crippen molar-refractivity contribution in [2.45, 2.75) is 6.67 Å². The monoisotopic (exact) mass is 415 g/mol. The van der Waals surface area contributed by atoms with Gasteiger partial charge in [0.25, 0.3) is 4.84 Å². The van der Waals surface area contributed by atoms with Crippen molar-refractivity contribution in [1.29, 1.82) is 0 Å². The number of methoxy groups -OCH3 is 2. The molecule has 152 valence electrons. The highest BCUT2D eigenvalue weighted by molar-refractivity contribution is 7.71. The number of H-pyrrole nitrogens is 1. The zero-order valence-electron chi connectivity index (χ0n) is 16.6. The van der Waals surface area contributed by atoms with E-state index in [1.54, 1.807) is 18.9 Å². The first-order valence-corrected chi connectivity index (χ1v) is 9.93. The van der Waals surface area contributed by atoms with E-state index < -0.39 is 0 Å². The first kappa shape index (κ1) is 19.4. The molecule has 2 aromatic heterocycles. The fourth-order valence-corrected chi connectivity index (χ4v) is 3.72. The van der Waals surface area contributed by atoms with Crippen LogP contribution >= 0.6 is 12.2 Å². The Morgan fingerprint density at radius 1 is 1.10 bits per heavy atom. The van der Waals surface area contributed by atoms with Gasteiger partial charge in [-0.25, -0.2) is 4.98 Å². The van der Waals surface area contributed by atoms with E-state index in [-0.39, 0.29) is 0 Å². The summed E-state index contributed by atoms with van der Waals surface area (Å²) in [6.45, 7) is 4.70. The fraction of sp³-hybridized carbons (Fsp3) is 0.350. The fourth-order valence-electron chi connectivity index (χ4n) is 3.53. The van der Waals surface area contributed by atoms with Crippen molar-refractivity contribution in [1.82, 2.24) is 9.78 Å². The molecular weight excluding hydrogens is 390 g/mol. The number of piperazine rings is 1. The van der Waals surface area contributed by atoms with E-state index in [1.807, 2.05) is 30.6 Å². The third kappa shape index (κ3) is 4.25. The number of benzene rings is 1. The first-order chi connectivity index (χ1) is 14.2. The molecule has 29 heavy (non-hydrogen) atoms. The van der Waals surface area contributed by atoms with Gasteiger partial charge in [-0.1, -0.05) is 0 Å². The molecule has 0 unspecified atom stereocenters. The molecule has 0 bridgehead atoms. The lowest BCUT2D eigenvalue weighted by Crippen LogP contribution is -3.14. The van der Waals surface area contributed by atoms with Crippen molar-refractivity contribution in [2.24, 2.45) is 0 Å². The van der Waals surface area contributed by atoms with E-state index in [2.05, 4.69) is 27.1 Å². The Hall–Kier alpha value is -2.91. The molecule has 9 heteroatoms. The summed E-state index contributed by atoms with van der Waals surface area (Å²) in [6.07, 6.45) is 3.91. The van der Waals surface area contributed by atoms with Crippen LogP contribution in [0.4, 0.5) is 5.69 Å². The lowest BCUT2D eigenvalue weighted by Gasteiger charge is -2.32. The van der Waals surface area contributed by atoms with Gasteiger partial charge in [-0.15, -0.1) is 5.10 Å². The number of nitrogens with one attached hydrogen (secondary N) is 2. The van der Waals surface area contributed by atoms with Crippen LogP contribution in [-0.2, 0) is 6.67 Å². The molecule has 3 heterocycles. The molecule has 0 saturated carbocycles. The van der Waals surface area contributed by atoms with E-state index in [4.69, 9.17) is 26.1 Å². The maximum absolute atomic E-state index is 5.75. The van der Waals surface area contributed by atoms with Crippen molar-refractivity contribution in [2.75, 3.05) is 45.3 Å². The van der Waals surface area contributed by atoms with Gasteiger partial charge in [-0.3, -0.25) is 0 Å². The summed E-state index contributed by atoms with van der Waals surface area (Å²) in [5, 5.41) is 4.59. The summed E-state index contributed by atoms with van der Waals surface area (Å²) in [4.78, 5) is 7.27. The summed E-state index contributed by atoms with van der Waals surface area (Å²) in [7, 11) is 3.21. The Kier molecular flexibility index (Phi) is 5.77. The average Bonchev–Trinajstić information content (AvgIpc) is 3.14. The standard InChI is InChI=1S/C20H23N5O3S/c1-26-17-4-3-15(13-18(17)27-2)19-22-25(20(29)28-19)14-23-9-11-24(12-10-23)16-5-7-21-8-6-16/h3-8,13H,9-12,14H2,1-2H3/p+2. The zero-order chi connectivity index (χ0) is 20.2. The van der Waals surface area contributed by atoms with Crippen LogP contribution in [0, 0.1) is 4.84 Å². The lowest BCUT2D eigenvalue weighted by atomic mass is 10.2. The van der Waals surface area contributed by atoms with Gasteiger partial charge in [0, 0.05) is 23.4 Å². The zero-order valence-corrected chi connectivity index (χ0v) is 17.4. The first-order valence-electron chi connectivity index (χ1n) is 9.53. The Morgan fingerprint density at radius 3 is 2.52 bits per heavy atom. The van der Waals surface area contributed by atoms with Crippen LogP contribution in [-0.4, -0.2) is 50.2 Å². The molecule has 0 radical (unpaired) electrons. The maximum atomic E-state index is 5.75. The molecule has 3 aromatic rings. The largest absolute Gasteiger partial charge is 0.493 e. The number of hydrogen-bond acceptors (Lipinski definition) is 6. The lowest BCUT2D eigenvalue weighted by molar-refractivity contribution is -0.924. The summed E-state index contributed by atoms with van der Waals surface area (Å²) < 4.78 is 18.2. The molecular formula is C20H25N5O3S+2. The van der Waals surface area contributed by atoms with Crippen LogP contribution in [0.15, 0.2) is 47.1 Å². The van der Waals surface area contributed by atoms with Gasteiger partial charge in [0.2, 0.25) is 5.89 Å². The predicted octanol–water partition coefficient (Wildman–Crippen LogP) is 1.07. The molecule has 1 aliphatic rings. The van der Waals surface area contributed by atoms with Crippen LogP contribution in [0.2, 0.25) is 0 Å². The third-order valence-electron chi connectivity index (χ3n) is 5.15. The molecule has 0 atom stereocenters. The van der Waals surface area contributed by atoms with E-state index in [1.165, 1.54) is 10.6 Å². The molecule has 0 amide bonds. The second kappa shape index (κ2) is 8.62. The number of nitrogens with zero attached hydrogens (tertiary/aromatic N) is 3. The highest BCUT2D eigenvalue weighted by Crippen LogP contribution is 2.31. The van der Waals surface area contributed by atoms with Crippen LogP contribution in [0.25, 0.3) is 11.5 Å². The number of aromatic amines is 1. The Labute approximate surface area is 174 Å². The number of hydrogen-bond donors (Lipinski definition) is 1. The SMILES string of the molecule is COc1ccc(-c2nn(C[NH+]3CCN(c4cc[nH+]cc4)CC3)c(=S)o2)cc1OC. The summed E-state index contributed by atoms with van der Waals surface area (Å²) in [5.41, 5.74) is 2.05. The van der Waals surface area contributed by atoms with Gasteiger partial charge in [-0.05, 0) is 30.4 Å². The van der Waals surface area contributed by atoms with Crippen LogP contribution < -0.4 is 24.3 Å². The Morgan fingerprint density at radius 2 is 1.83 bits per heavy atom. The number of rotatable bonds is 6. The molecule has 1 aromatic carbocycles. The van der Waals surface area contributed by atoms with Crippen molar-refractivity contribution in [3.05, 3.63) is 47.6 Å². The molecule has 1 fully saturated rings. The third-order valence-corrected chi connectivity index (χ3v) is 5.44. The van der Waals surface area contributed by atoms with Crippen molar-refractivity contribution in [3.63, 3.8) is 0 Å². The molecule has 4 rings (SSSR count). The van der Waals surface area contributed by atoms with E-state index in [0.717, 1.165) is 31.7 Å². The second-order valence-corrected chi connectivity index (χ2v) is 7.25. The van der Waals surface area contributed by atoms with Crippen LogP contribution in [0.3, 0.4) is 0 Å². The number of pyridine rings is 1. The van der Waals surface area contributed by atoms with Crippen LogP contribution in [0.1, 0.15) is 0 Å². The summed E-state index contributed by atoms with van der Waals surface area (Å²) in [5.74, 6) is 1.77. The number of quaternary nitrogens is 1. The maximum Gasteiger partial charge on any atom is 0.292 e. The molecule has 1 aliphatic heterocycles. The van der Waals surface area contributed by atoms with Gasteiger partial charge in [-0.2, -0.15) is 4.68 Å². The van der Waals surface area contributed by atoms with E-state index in [0.29, 0.717) is 28.9 Å². The molecule has 0 spiro atoms. The second-order valence-electron chi connectivity index (χ2n) is 6.90. The topological polar surface area (TPSA) is 71.2 Å². The van der Waals surface area contributed by atoms with Crippen molar-refractivity contribution in [3.8, 4) is 23.0 Å². The van der Waals surface area contributed by atoms with Crippen LogP contribution in [0.5, 0.6) is 11.5 Å². The quantitative estimate of drug-likeness (QED) is 0.608. The van der Waals surface area contributed by atoms with Crippen molar-refractivity contribution < 1.29 is 23.8 Å². The minimum Gasteiger partial charge on any atom is -0.493 e. The van der Waals surface area contributed by atoms with Gasteiger partial charge in [0.05, 0.1) is 40.4 Å². The average molecular weight is 416 g/mol. The number of ether oxygens (including phenoxy) is 2. The minimum atomic E-state index is 0.378. The van der Waals surface area contributed by atoms with E-state index >= 15 is 0 Å². The number of aromatic nitrogens is 3. The van der Waals surface area contributed by atoms with Gasteiger partial charge in [0.15, 0.2) is 30.6 Å². The normalized spacial score (nSPS) is 14.8. The number of anilines is 1. The highest BCUT2D eigenvalue weighted by atomic mass is 32.1. The summed E-state index contributed by atoms with van der Waals surface area (Å²) >= 11 is 5.40. The van der Waals surface area contributed by atoms with Crippen molar-refractivity contribution >= 4 is 17.9 Å². The predicted molar refractivity (Wildman–Crippen MR) is 110 cm³/mol. The van der Waals surface area contributed by atoms with Gasteiger partial charge >= 0.3 is 0 Å². The van der Waals surface area contributed by atoms with Gasteiger partial charge < -0.3 is 23.7 Å². The smallest absolute Gasteiger partial charge is 0.292 e. The minimum absolute atomic E-state index is 0.378. The summed E-state index contributed by atoms with van der Waals surface area (Å²) in [6, 6.07) is 9.77. The molecule has 2 N–H and O–H groups in total. The van der Waals surface area contributed by atoms with Gasteiger partial charge in [0.1, 0.15) is 0 Å². The highest BCUT2D eigenvalue weighted by Gasteiger charge is 2.22. The Bertz CT molecular complexity index is 1010.